The highest BCUT2D eigenvalue weighted by Gasteiger charge is 2.39. The Kier molecular flexibility index (Phi) is 4.49. The molecule has 128 valence electrons. The van der Waals surface area contributed by atoms with E-state index in [1.807, 2.05) is 0 Å². The molecule has 3 rings (SSSR count). The van der Waals surface area contributed by atoms with Crippen LogP contribution < -0.4 is 0 Å². The molecule has 0 radical (unpaired) electrons. The van der Waals surface area contributed by atoms with Crippen molar-refractivity contribution in [3.05, 3.63) is 46.6 Å². The molecule has 1 aliphatic heterocycles. The van der Waals surface area contributed by atoms with Crippen LogP contribution in [0.5, 0.6) is 0 Å². The molecule has 1 aromatic carbocycles. The van der Waals surface area contributed by atoms with Gasteiger partial charge in [-0.3, -0.25) is 4.79 Å². The Morgan fingerprint density at radius 2 is 1.96 bits per heavy atom. The van der Waals surface area contributed by atoms with Crippen LogP contribution in [0.1, 0.15) is 40.9 Å². The summed E-state index contributed by atoms with van der Waals surface area (Å²) in [5.41, 5.74) is 0.484. The lowest BCUT2D eigenvalue weighted by molar-refractivity contribution is -0.157. The van der Waals surface area contributed by atoms with E-state index in [2.05, 4.69) is 10.2 Å². The van der Waals surface area contributed by atoms with E-state index >= 15 is 0 Å². The molecule has 2 aromatic rings. The maximum atomic E-state index is 12.5. The Morgan fingerprint density at radius 3 is 2.54 bits per heavy atom. The molecular weight excluding hydrogens is 347 g/mol. The molecule has 1 amide bonds. The predicted molar refractivity (Wildman–Crippen MR) is 78.6 cm³/mol. The Hall–Kier alpha value is -2.09. The Balaban J connectivity index is 1.63. The maximum absolute atomic E-state index is 12.5. The van der Waals surface area contributed by atoms with Crippen molar-refractivity contribution in [2.45, 2.75) is 24.9 Å². The Labute approximate surface area is 140 Å². The third-order valence-electron chi connectivity index (χ3n) is 3.89. The first-order chi connectivity index (χ1) is 11.3. The first-order valence-corrected chi connectivity index (χ1v) is 7.68. The maximum Gasteiger partial charge on any atom is 0.470 e. The SMILES string of the molecule is O=C(c1cccc(Cl)c1)N1CCC(c2nnc(C(F)(F)F)o2)CC1. The van der Waals surface area contributed by atoms with Crippen LogP contribution in [0.2, 0.25) is 5.02 Å². The van der Waals surface area contributed by atoms with E-state index in [-0.39, 0.29) is 17.7 Å². The monoisotopic (exact) mass is 359 g/mol. The van der Waals surface area contributed by atoms with Gasteiger partial charge in [-0.25, -0.2) is 0 Å². The van der Waals surface area contributed by atoms with Crippen molar-refractivity contribution in [1.82, 2.24) is 15.1 Å². The van der Waals surface area contributed by atoms with Gasteiger partial charge in [0.05, 0.1) is 0 Å². The van der Waals surface area contributed by atoms with Crippen molar-refractivity contribution in [1.29, 1.82) is 0 Å². The molecule has 0 spiro atoms. The number of halogens is 4. The van der Waals surface area contributed by atoms with E-state index in [1.165, 1.54) is 0 Å². The molecule has 2 heterocycles. The van der Waals surface area contributed by atoms with Crippen LogP contribution in [0.4, 0.5) is 13.2 Å². The molecule has 0 aliphatic carbocycles. The zero-order valence-electron chi connectivity index (χ0n) is 12.4. The van der Waals surface area contributed by atoms with Crippen LogP contribution in [0.3, 0.4) is 0 Å². The fraction of sp³-hybridized carbons (Fsp3) is 0.400. The Morgan fingerprint density at radius 1 is 1.25 bits per heavy atom. The van der Waals surface area contributed by atoms with Gasteiger partial charge in [0.25, 0.3) is 5.91 Å². The van der Waals surface area contributed by atoms with E-state index in [0.29, 0.717) is 36.5 Å². The van der Waals surface area contributed by atoms with Crippen LogP contribution in [-0.4, -0.2) is 34.1 Å². The number of carbonyl (C=O) groups excluding carboxylic acids is 1. The summed E-state index contributed by atoms with van der Waals surface area (Å²) in [4.78, 5) is 14.0. The zero-order chi connectivity index (χ0) is 17.3. The standard InChI is InChI=1S/C15H13ClF3N3O2/c16-11-3-1-2-10(8-11)13(23)22-6-4-9(5-7-22)12-20-21-14(24-12)15(17,18)19/h1-3,8-9H,4-7H2. The first-order valence-electron chi connectivity index (χ1n) is 7.30. The normalized spacial score (nSPS) is 16.4. The van der Waals surface area contributed by atoms with Gasteiger partial charge in [-0.15, -0.1) is 10.2 Å². The molecule has 24 heavy (non-hydrogen) atoms. The number of benzene rings is 1. The van der Waals surface area contributed by atoms with Crippen LogP contribution in [-0.2, 0) is 6.18 Å². The van der Waals surface area contributed by atoms with Crippen LogP contribution in [0, 0.1) is 0 Å². The van der Waals surface area contributed by atoms with Crippen molar-refractivity contribution in [3.8, 4) is 0 Å². The number of likely N-dealkylation sites (tertiary alicyclic amines) is 1. The highest BCUT2D eigenvalue weighted by molar-refractivity contribution is 6.30. The van der Waals surface area contributed by atoms with Gasteiger partial charge in [0, 0.05) is 29.6 Å². The molecule has 1 saturated heterocycles. The fourth-order valence-electron chi connectivity index (χ4n) is 2.65. The number of piperidine rings is 1. The molecule has 0 N–H and O–H groups in total. The summed E-state index contributed by atoms with van der Waals surface area (Å²) in [6, 6.07) is 6.63. The van der Waals surface area contributed by atoms with Crippen molar-refractivity contribution in [2.75, 3.05) is 13.1 Å². The summed E-state index contributed by atoms with van der Waals surface area (Å²) in [7, 11) is 0. The Bertz CT molecular complexity index is 740. The smallest absolute Gasteiger partial charge is 0.417 e. The third-order valence-corrected chi connectivity index (χ3v) is 4.12. The second-order valence-corrected chi connectivity index (χ2v) is 5.96. The van der Waals surface area contributed by atoms with Crippen molar-refractivity contribution < 1.29 is 22.4 Å². The molecule has 9 heteroatoms. The quantitative estimate of drug-likeness (QED) is 0.819. The first kappa shape index (κ1) is 16.8. The lowest BCUT2D eigenvalue weighted by atomic mass is 9.96. The summed E-state index contributed by atoms with van der Waals surface area (Å²) in [5, 5.41) is 7.00. The minimum absolute atomic E-state index is 0.0304. The van der Waals surface area contributed by atoms with E-state index in [4.69, 9.17) is 16.0 Å². The number of hydrogen-bond donors (Lipinski definition) is 0. The average Bonchev–Trinajstić information content (AvgIpc) is 3.04. The zero-order valence-corrected chi connectivity index (χ0v) is 13.1. The number of hydrogen-bond acceptors (Lipinski definition) is 4. The van der Waals surface area contributed by atoms with Gasteiger partial charge in [0.2, 0.25) is 5.89 Å². The summed E-state index contributed by atoms with van der Waals surface area (Å²) < 4.78 is 42.2. The number of amides is 1. The molecule has 0 atom stereocenters. The minimum Gasteiger partial charge on any atom is -0.417 e. The summed E-state index contributed by atoms with van der Waals surface area (Å²) in [5.74, 6) is -1.80. The van der Waals surface area contributed by atoms with Gasteiger partial charge >= 0.3 is 12.1 Å². The highest BCUT2D eigenvalue weighted by Crippen LogP contribution is 2.32. The molecule has 5 nitrogen and oxygen atoms in total. The largest absolute Gasteiger partial charge is 0.470 e. The van der Waals surface area contributed by atoms with Gasteiger partial charge in [-0.2, -0.15) is 13.2 Å². The molecule has 0 unspecified atom stereocenters. The third kappa shape index (κ3) is 3.53. The van der Waals surface area contributed by atoms with Gasteiger partial charge in [0.15, 0.2) is 0 Å². The van der Waals surface area contributed by atoms with Gasteiger partial charge in [-0.05, 0) is 31.0 Å². The van der Waals surface area contributed by atoms with Crippen molar-refractivity contribution in [3.63, 3.8) is 0 Å². The number of alkyl halides is 3. The number of aromatic nitrogens is 2. The van der Waals surface area contributed by atoms with E-state index in [0.717, 1.165) is 0 Å². The van der Waals surface area contributed by atoms with Gasteiger partial charge < -0.3 is 9.32 Å². The predicted octanol–water partition coefficient (Wildman–Crippen LogP) is 3.76. The molecule has 1 fully saturated rings. The summed E-state index contributed by atoms with van der Waals surface area (Å²) in [6.45, 7) is 0.805. The van der Waals surface area contributed by atoms with E-state index < -0.39 is 12.1 Å². The molecule has 0 saturated carbocycles. The minimum atomic E-state index is -4.64. The van der Waals surface area contributed by atoms with Crippen LogP contribution >= 0.6 is 11.6 Å². The lowest BCUT2D eigenvalue weighted by Gasteiger charge is -2.30. The topological polar surface area (TPSA) is 59.2 Å². The molecule has 1 aromatic heterocycles. The number of nitrogens with zero attached hydrogens (tertiary/aromatic N) is 3. The van der Waals surface area contributed by atoms with Gasteiger partial charge in [0.1, 0.15) is 0 Å². The van der Waals surface area contributed by atoms with Crippen molar-refractivity contribution in [2.24, 2.45) is 0 Å². The molecular formula is C15H13ClF3N3O2. The van der Waals surface area contributed by atoms with Crippen molar-refractivity contribution >= 4 is 17.5 Å². The second-order valence-electron chi connectivity index (χ2n) is 5.52. The number of rotatable bonds is 2. The fourth-order valence-corrected chi connectivity index (χ4v) is 2.84. The summed E-state index contributed by atoms with van der Waals surface area (Å²) in [6.07, 6.45) is -3.72. The summed E-state index contributed by atoms with van der Waals surface area (Å²) >= 11 is 5.88. The van der Waals surface area contributed by atoms with Crippen LogP contribution in [0.25, 0.3) is 0 Å². The molecule has 1 aliphatic rings. The molecule has 0 bridgehead atoms. The van der Waals surface area contributed by atoms with Crippen LogP contribution in [0.15, 0.2) is 28.7 Å². The second kappa shape index (κ2) is 6.43. The number of carbonyl (C=O) groups is 1. The lowest BCUT2D eigenvalue weighted by Crippen LogP contribution is -2.38. The van der Waals surface area contributed by atoms with Gasteiger partial charge in [-0.1, -0.05) is 17.7 Å². The highest BCUT2D eigenvalue weighted by atomic mass is 35.5. The van der Waals surface area contributed by atoms with E-state index in [9.17, 15) is 18.0 Å². The average molecular weight is 360 g/mol. The van der Waals surface area contributed by atoms with E-state index in [1.54, 1.807) is 29.2 Å².